The van der Waals surface area contributed by atoms with E-state index in [0.717, 1.165) is 11.4 Å². The van der Waals surface area contributed by atoms with Crippen LogP contribution in [0.2, 0.25) is 0 Å². The van der Waals surface area contributed by atoms with Gasteiger partial charge in [0.15, 0.2) is 5.82 Å². The molecule has 2 heterocycles. The fourth-order valence-corrected chi connectivity index (χ4v) is 4.10. The number of aryl methyl sites for hydroxylation is 1. The summed E-state index contributed by atoms with van der Waals surface area (Å²) in [5.74, 6) is 0.0393. The Morgan fingerprint density at radius 1 is 1.19 bits per heavy atom. The molecule has 0 fully saturated rings. The minimum atomic E-state index is -0.534. The number of para-hydroxylation sites is 1. The van der Waals surface area contributed by atoms with Crippen molar-refractivity contribution in [3.05, 3.63) is 71.8 Å². The van der Waals surface area contributed by atoms with Crippen LogP contribution in [0.1, 0.15) is 24.4 Å². The zero-order valence-electron chi connectivity index (χ0n) is 14.6. The Labute approximate surface area is 160 Å². The maximum absolute atomic E-state index is 14.0. The van der Waals surface area contributed by atoms with Crippen molar-refractivity contribution < 1.29 is 9.18 Å². The molecule has 0 saturated heterocycles. The normalized spacial score (nSPS) is 18.4. The van der Waals surface area contributed by atoms with Gasteiger partial charge in [0, 0.05) is 6.42 Å². The summed E-state index contributed by atoms with van der Waals surface area (Å²) in [6, 6.07) is 15.5. The number of aromatic nitrogens is 3. The summed E-state index contributed by atoms with van der Waals surface area (Å²) in [7, 11) is 0. The molecule has 1 aliphatic rings. The lowest BCUT2D eigenvalue weighted by Crippen LogP contribution is -2.41. The molecule has 0 aliphatic carbocycles. The SMILES string of the molecule is CCc1nnc2n1N[C@H](c1ccccc1)[C@@H](C(=O)Nc1ccccc1F)S2. The van der Waals surface area contributed by atoms with Crippen molar-refractivity contribution in [1.29, 1.82) is 0 Å². The van der Waals surface area contributed by atoms with Crippen molar-refractivity contribution in [2.75, 3.05) is 10.7 Å². The average molecular weight is 383 g/mol. The molecule has 1 amide bonds. The molecule has 0 bridgehead atoms. The van der Waals surface area contributed by atoms with Gasteiger partial charge >= 0.3 is 0 Å². The lowest BCUT2D eigenvalue weighted by Gasteiger charge is -2.33. The Morgan fingerprint density at radius 3 is 2.67 bits per heavy atom. The Balaban J connectivity index is 1.68. The zero-order valence-corrected chi connectivity index (χ0v) is 15.4. The highest BCUT2D eigenvalue weighted by molar-refractivity contribution is 8.00. The molecule has 138 valence electrons. The summed E-state index contributed by atoms with van der Waals surface area (Å²) >= 11 is 1.32. The number of benzene rings is 2. The minimum absolute atomic E-state index is 0.163. The molecule has 2 N–H and O–H groups in total. The van der Waals surface area contributed by atoms with E-state index < -0.39 is 11.1 Å². The van der Waals surface area contributed by atoms with Crippen LogP contribution in [-0.2, 0) is 11.2 Å². The first kappa shape index (κ1) is 17.5. The third-order valence-corrected chi connectivity index (χ3v) is 5.58. The Morgan fingerprint density at radius 2 is 1.93 bits per heavy atom. The number of carbonyl (C=O) groups is 1. The van der Waals surface area contributed by atoms with Gasteiger partial charge < -0.3 is 10.7 Å². The van der Waals surface area contributed by atoms with Crippen LogP contribution >= 0.6 is 11.8 Å². The van der Waals surface area contributed by atoms with E-state index in [-0.39, 0.29) is 17.6 Å². The molecule has 1 aromatic heterocycles. The quantitative estimate of drug-likeness (QED) is 0.723. The van der Waals surface area contributed by atoms with Crippen LogP contribution in [0.4, 0.5) is 10.1 Å². The number of amides is 1. The van der Waals surface area contributed by atoms with Gasteiger partial charge in [0.1, 0.15) is 11.1 Å². The standard InChI is InChI=1S/C19H18FN5OS/c1-2-15-22-23-19-25(15)24-16(12-8-4-3-5-9-12)17(27-19)18(26)21-14-11-7-6-10-13(14)20/h3-11,16-17,24H,2H2,1H3,(H,21,26)/t16-,17+/m1/s1. The van der Waals surface area contributed by atoms with Crippen molar-refractivity contribution in [3.8, 4) is 0 Å². The monoisotopic (exact) mass is 383 g/mol. The highest BCUT2D eigenvalue weighted by Crippen LogP contribution is 2.37. The molecule has 8 heteroatoms. The summed E-state index contributed by atoms with van der Waals surface area (Å²) in [4.78, 5) is 13.0. The molecule has 0 spiro atoms. The van der Waals surface area contributed by atoms with Gasteiger partial charge in [0.2, 0.25) is 11.1 Å². The Hall–Kier alpha value is -2.87. The van der Waals surface area contributed by atoms with E-state index in [0.29, 0.717) is 11.6 Å². The Bertz CT molecular complexity index is 962. The van der Waals surface area contributed by atoms with E-state index in [2.05, 4.69) is 20.9 Å². The molecule has 0 saturated carbocycles. The minimum Gasteiger partial charge on any atom is -0.323 e. The molecule has 1 aliphatic heterocycles. The van der Waals surface area contributed by atoms with Crippen LogP contribution in [0.15, 0.2) is 59.8 Å². The van der Waals surface area contributed by atoms with Crippen LogP contribution in [0.25, 0.3) is 0 Å². The third kappa shape index (κ3) is 3.40. The van der Waals surface area contributed by atoms with Crippen LogP contribution < -0.4 is 10.7 Å². The van der Waals surface area contributed by atoms with Gasteiger partial charge in [-0.3, -0.25) is 4.79 Å². The number of hydrogen-bond acceptors (Lipinski definition) is 5. The molecule has 4 rings (SSSR count). The Kier molecular flexibility index (Phi) is 4.81. The first-order valence-electron chi connectivity index (χ1n) is 8.65. The van der Waals surface area contributed by atoms with Crippen LogP contribution in [0.5, 0.6) is 0 Å². The number of nitrogens with zero attached hydrogens (tertiary/aromatic N) is 3. The third-order valence-electron chi connectivity index (χ3n) is 4.37. The van der Waals surface area contributed by atoms with Crippen LogP contribution in [0.3, 0.4) is 0 Å². The van der Waals surface area contributed by atoms with Crippen LogP contribution in [0, 0.1) is 5.82 Å². The highest BCUT2D eigenvalue weighted by atomic mass is 32.2. The molecular weight excluding hydrogens is 365 g/mol. The number of hydrogen-bond donors (Lipinski definition) is 2. The molecule has 2 aromatic carbocycles. The van der Waals surface area contributed by atoms with E-state index in [1.165, 1.54) is 17.8 Å². The van der Waals surface area contributed by atoms with E-state index >= 15 is 0 Å². The van der Waals surface area contributed by atoms with Gasteiger partial charge in [-0.15, -0.1) is 10.2 Å². The molecule has 2 atom stereocenters. The summed E-state index contributed by atoms with van der Waals surface area (Å²) in [5.41, 5.74) is 4.48. The fourth-order valence-electron chi connectivity index (χ4n) is 3.00. The summed E-state index contributed by atoms with van der Waals surface area (Å²) in [5, 5.41) is 11.1. The smallest absolute Gasteiger partial charge is 0.240 e. The molecule has 0 unspecified atom stereocenters. The van der Waals surface area contributed by atoms with E-state index in [1.807, 2.05) is 41.9 Å². The van der Waals surface area contributed by atoms with Gasteiger partial charge in [0.25, 0.3) is 0 Å². The van der Waals surface area contributed by atoms with E-state index in [9.17, 15) is 9.18 Å². The number of nitrogens with one attached hydrogen (secondary N) is 2. The van der Waals surface area contributed by atoms with Gasteiger partial charge in [-0.1, -0.05) is 61.2 Å². The second-order valence-corrected chi connectivity index (χ2v) is 7.22. The van der Waals surface area contributed by atoms with Crippen molar-refractivity contribution in [2.24, 2.45) is 0 Å². The fraction of sp³-hybridized carbons (Fsp3) is 0.211. The number of fused-ring (bicyclic) bond motifs is 1. The topological polar surface area (TPSA) is 71.8 Å². The molecule has 6 nitrogen and oxygen atoms in total. The van der Waals surface area contributed by atoms with E-state index in [4.69, 9.17) is 0 Å². The molecular formula is C19H18FN5OS. The predicted octanol–water partition coefficient (Wildman–Crippen LogP) is 3.38. The average Bonchev–Trinajstić information content (AvgIpc) is 3.11. The predicted molar refractivity (Wildman–Crippen MR) is 103 cm³/mol. The second kappa shape index (κ2) is 7.40. The summed E-state index contributed by atoms with van der Waals surface area (Å²) in [6.45, 7) is 2.00. The summed E-state index contributed by atoms with van der Waals surface area (Å²) in [6.07, 6.45) is 0.716. The number of anilines is 1. The largest absolute Gasteiger partial charge is 0.323 e. The number of rotatable bonds is 4. The van der Waals surface area contributed by atoms with Gasteiger partial charge in [-0.25, -0.2) is 9.07 Å². The van der Waals surface area contributed by atoms with Crippen molar-refractivity contribution in [1.82, 2.24) is 14.9 Å². The maximum atomic E-state index is 14.0. The van der Waals surface area contributed by atoms with E-state index in [1.54, 1.807) is 18.2 Å². The van der Waals surface area contributed by atoms with Crippen molar-refractivity contribution in [3.63, 3.8) is 0 Å². The highest BCUT2D eigenvalue weighted by Gasteiger charge is 2.37. The summed E-state index contributed by atoms with van der Waals surface area (Å²) < 4.78 is 15.8. The molecule has 3 aromatic rings. The van der Waals surface area contributed by atoms with Crippen molar-refractivity contribution >= 4 is 23.4 Å². The maximum Gasteiger partial charge on any atom is 0.240 e. The van der Waals surface area contributed by atoms with Gasteiger partial charge in [-0.05, 0) is 17.7 Å². The lowest BCUT2D eigenvalue weighted by atomic mass is 10.0. The zero-order chi connectivity index (χ0) is 18.8. The number of carbonyl (C=O) groups excluding carboxylic acids is 1. The van der Waals surface area contributed by atoms with Gasteiger partial charge in [0.05, 0.1) is 11.7 Å². The van der Waals surface area contributed by atoms with Crippen LogP contribution in [-0.4, -0.2) is 26.0 Å². The molecule has 0 radical (unpaired) electrons. The first-order chi connectivity index (χ1) is 13.2. The lowest BCUT2D eigenvalue weighted by molar-refractivity contribution is -0.116. The number of halogens is 1. The molecule has 27 heavy (non-hydrogen) atoms. The van der Waals surface area contributed by atoms with Gasteiger partial charge in [-0.2, -0.15) is 0 Å². The second-order valence-electron chi connectivity index (χ2n) is 6.11. The first-order valence-corrected chi connectivity index (χ1v) is 9.53. The van der Waals surface area contributed by atoms with Crippen molar-refractivity contribution in [2.45, 2.75) is 29.8 Å². The number of thioether (sulfide) groups is 1.